The Kier molecular flexibility index (Phi) is 4.41. The Hall–Kier alpha value is -1.59. The molecule has 3 rings (SSSR count). The first-order chi connectivity index (χ1) is 10.2. The highest BCUT2D eigenvalue weighted by Crippen LogP contribution is 2.24. The summed E-state index contributed by atoms with van der Waals surface area (Å²) in [5.41, 5.74) is 8.12. The van der Waals surface area contributed by atoms with Crippen LogP contribution in [0.25, 0.3) is 0 Å². The minimum absolute atomic E-state index is 0.858. The lowest BCUT2D eigenvalue weighted by molar-refractivity contribution is 0.249. The van der Waals surface area contributed by atoms with Crippen LogP contribution < -0.4 is 10.6 Å². The molecule has 0 spiro atoms. The highest BCUT2D eigenvalue weighted by molar-refractivity contribution is 9.10. The van der Waals surface area contributed by atoms with Gasteiger partial charge in [0.2, 0.25) is 0 Å². The minimum atomic E-state index is 0.858. The van der Waals surface area contributed by atoms with E-state index in [0.717, 1.165) is 48.7 Å². The van der Waals surface area contributed by atoms with E-state index in [1.807, 2.05) is 30.5 Å². The molecule has 0 atom stereocenters. The van der Waals surface area contributed by atoms with Gasteiger partial charge in [-0.1, -0.05) is 28.1 Å². The highest BCUT2D eigenvalue weighted by atomic mass is 79.9. The average molecular weight is 347 g/mol. The molecule has 4 nitrogen and oxygen atoms in total. The molecule has 2 aromatic rings. The standard InChI is InChI=1S/C16H19BrN4/c17-14-4-3-5-15(18)13(14)12-20-8-10-21(11-9-20)16-6-1-2-7-19-16/h1-7H,8-12,18H2. The summed E-state index contributed by atoms with van der Waals surface area (Å²) >= 11 is 3.60. The molecule has 1 aromatic heterocycles. The number of anilines is 2. The molecule has 1 aromatic carbocycles. The number of hydrogen-bond donors (Lipinski definition) is 1. The van der Waals surface area contributed by atoms with E-state index in [9.17, 15) is 0 Å². The lowest BCUT2D eigenvalue weighted by Crippen LogP contribution is -2.46. The minimum Gasteiger partial charge on any atom is -0.398 e. The van der Waals surface area contributed by atoms with Crippen LogP contribution in [-0.2, 0) is 6.54 Å². The number of nitrogen functional groups attached to an aromatic ring is 1. The number of aromatic nitrogens is 1. The van der Waals surface area contributed by atoms with Crippen LogP contribution in [0.15, 0.2) is 47.1 Å². The highest BCUT2D eigenvalue weighted by Gasteiger charge is 2.19. The average Bonchev–Trinajstić information content (AvgIpc) is 2.53. The van der Waals surface area contributed by atoms with Crippen molar-refractivity contribution in [2.24, 2.45) is 0 Å². The van der Waals surface area contributed by atoms with Crippen LogP contribution in [-0.4, -0.2) is 36.1 Å². The Morgan fingerprint density at radius 2 is 1.86 bits per heavy atom. The Bertz CT molecular complexity index is 574. The lowest BCUT2D eigenvalue weighted by atomic mass is 10.1. The first kappa shape index (κ1) is 14.4. The van der Waals surface area contributed by atoms with E-state index < -0.39 is 0 Å². The third kappa shape index (κ3) is 3.36. The summed E-state index contributed by atoms with van der Waals surface area (Å²) < 4.78 is 1.09. The molecule has 0 saturated carbocycles. The summed E-state index contributed by atoms with van der Waals surface area (Å²) in [6.07, 6.45) is 1.85. The summed E-state index contributed by atoms with van der Waals surface area (Å²) in [6.45, 7) is 4.95. The van der Waals surface area contributed by atoms with E-state index >= 15 is 0 Å². The van der Waals surface area contributed by atoms with Gasteiger partial charge in [-0.3, -0.25) is 4.90 Å². The van der Waals surface area contributed by atoms with E-state index in [-0.39, 0.29) is 0 Å². The smallest absolute Gasteiger partial charge is 0.128 e. The second kappa shape index (κ2) is 6.45. The Morgan fingerprint density at radius 3 is 2.52 bits per heavy atom. The van der Waals surface area contributed by atoms with Crippen molar-refractivity contribution in [3.8, 4) is 0 Å². The fourth-order valence-electron chi connectivity index (χ4n) is 2.64. The third-order valence-corrected chi connectivity index (χ3v) is 4.63. The van der Waals surface area contributed by atoms with E-state index in [2.05, 4.69) is 42.8 Å². The molecule has 5 heteroatoms. The number of rotatable bonds is 3. The SMILES string of the molecule is Nc1cccc(Br)c1CN1CCN(c2ccccn2)CC1. The van der Waals surface area contributed by atoms with Gasteiger partial charge in [-0.25, -0.2) is 4.98 Å². The Morgan fingerprint density at radius 1 is 1.05 bits per heavy atom. The quantitative estimate of drug-likeness (QED) is 0.868. The van der Waals surface area contributed by atoms with Gasteiger partial charge < -0.3 is 10.6 Å². The van der Waals surface area contributed by atoms with Crippen LogP contribution >= 0.6 is 15.9 Å². The molecular weight excluding hydrogens is 328 g/mol. The third-order valence-electron chi connectivity index (χ3n) is 3.88. The number of nitrogens with two attached hydrogens (primary N) is 1. The maximum absolute atomic E-state index is 6.08. The summed E-state index contributed by atoms with van der Waals surface area (Å²) in [4.78, 5) is 9.19. The van der Waals surface area contributed by atoms with Gasteiger partial charge in [0.1, 0.15) is 5.82 Å². The number of benzene rings is 1. The number of nitrogens with zero attached hydrogens (tertiary/aromatic N) is 3. The number of piperazine rings is 1. The lowest BCUT2D eigenvalue weighted by Gasteiger charge is -2.35. The summed E-state index contributed by atoms with van der Waals surface area (Å²) in [7, 11) is 0. The molecule has 110 valence electrons. The van der Waals surface area contributed by atoms with Crippen molar-refractivity contribution in [2.75, 3.05) is 36.8 Å². The number of halogens is 1. The molecular formula is C16H19BrN4. The zero-order valence-electron chi connectivity index (χ0n) is 11.9. The van der Waals surface area contributed by atoms with Crippen LogP contribution in [0.1, 0.15) is 5.56 Å². The Balaban J connectivity index is 1.62. The van der Waals surface area contributed by atoms with Crippen LogP contribution in [0.3, 0.4) is 0 Å². The number of pyridine rings is 1. The van der Waals surface area contributed by atoms with E-state index in [1.54, 1.807) is 0 Å². The molecule has 1 fully saturated rings. The monoisotopic (exact) mass is 346 g/mol. The summed E-state index contributed by atoms with van der Waals surface area (Å²) in [6, 6.07) is 12.1. The van der Waals surface area contributed by atoms with Crippen molar-refractivity contribution in [1.29, 1.82) is 0 Å². The van der Waals surface area contributed by atoms with Gasteiger partial charge in [0.15, 0.2) is 0 Å². The van der Waals surface area contributed by atoms with Crippen LogP contribution in [0, 0.1) is 0 Å². The van der Waals surface area contributed by atoms with Gasteiger partial charge in [-0.05, 0) is 24.3 Å². The summed E-state index contributed by atoms with van der Waals surface area (Å²) in [5, 5.41) is 0. The number of hydrogen-bond acceptors (Lipinski definition) is 4. The van der Waals surface area contributed by atoms with Crippen molar-refractivity contribution >= 4 is 27.4 Å². The van der Waals surface area contributed by atoms with Crippen molar-refractivity contribution in [3.05, 3.63) is 52.6 Å². The first-order valence-corrected chi connectivity index (χ1v) is 7.94. The van der Waals surface area contributed by atoms with Crippen molar-refractivity contribution in [1.82, 2.24) is 9.88 Å². The van der Waals surface area contributed by atoms with Crippen molar-refractivity contribution < 1.29 is 0 Å². The van der Waals surface area contributed by atoms with E-state index in [4.69, 9.17) is 5.73 Å². The largest absolute Gasteiger partial charge is 0.398 e. The maximum atomic E-state index is 6.08. The molecule has 0 bridgehead atoms. The van der Waals surface area contributed by atoms with Crippen LogP contribution in [0.2, 0.25) is 0 Å². The molecule has 0 amide bonds. The molecule has 0 radical (unpaired) electrons. The van der Waals surface area contributed by atoms with Gasteiger partial charge in [-0.2, -0.15) is 0 Å². The topological polar surface area (TPSA) is 45.4 Å². The molecule has 0 unspecified atom stereocenters. The van der Waals surface area contributed by atoms with Crippen LogP contribution in [0.5, 0.6) is 0 Å². The molecule has 1 aliphatic rings. The molecule has 1 aliphatic heterocycles. The van der Waals surface area contributed by atoms with Gasteiger partial charge in [0.05, 0.1) is 0 Å². The fraction of sp³-hybridized carbons (Fsp3) is 0.312. The first-order valence-electron chi connectivity index (χ1n) is 7.15. The van der Waals surface area contributed by atoms with Crippen molar-refractivity contribution in [3.63, 3.8) is 0 Å². The van der Waals surface area contributed by atoms with E-state index in [0.29, 0.717) is 0 Å². The maximum Gasteiger partial charge on any atom is 0.128 e. The second-order valence-electron chi connectivity index (χ2n) is 5.26. The zero-order chi connectivity index (χ0) is 14.7. The predicted molar refractivity (Wildman–Crippen MR) is 90.3 cm³/mol. The molecule has 21 heavy (non-hydrogen) atoms. The van der Waals surface area contributed by atoms with Crippen LogP contribution in [0.4, 0.5) is 11.5 Å². The van der Waals surface area contributed by atoms with Gasteiger partial charge in [-0.15, -0.1) is 0 Å². The summed E-state index contributed by atoms with van der Waals surface area (Å²) in [5.74, 6) is 1.07. The Labute approximate surface area is 133 Å². The van der Waals surface area contributed by atoms with Gasteiger partial charge >= 0.3 is 0 Å². The molecule has 2 heterocycles. The van der Waals surface area contributed by atoms with Gasteiger partial charge in [0, 0.05) is 54.6 Å². The second-order valence-corrected chi connectivity index (χ2v) is 6.11. The normalized spacial score (nSPS) is 16.1. The van der Waals surface area contributed by atoms with Crippen molar-refractivity contribution in [2.45, 2.75) is 6.54 Å². The van der Waals surface area contributed by atoms with E-state index in [1.165, 1.54) is 5.56 Å². The zero-order valence-corrected chi connectivity index (χ0v) is 13.5. The molecule has 2 N–H and O–H groups in total. The molecule has 0 aliphatic carbocycles. The van der Waals surface area contributed by atoms with Gasteiger partial charge in [0.25, 0.3) is 0 Å². The fourth-order valence-corrected chi connectivity index (χ4v) is 3.15. The molecule has 1 saturated heterocycles. The predicted octanol–water partition coefficient (Wildman–Crippen LogP) is 2.75.